The number of anilines is 1. The van der Waals surface area contributed by atoms with Crippen molar-refractivity contribution in [1.29, 1.82) is 0 Å². The van der Waals surface area contributed by atoms with Gasteiger partial charge in [-0.2, -0.15) is 0 Å². The molecule has 0 aliphatic carbocycles. The van der Waals surface area contributed by atoms with Gasteiger partial charge in [-0.1, -0.05) is 42.5 Å². The molecule has 0 aliphatic rings. The van der Waals surface area contributed by atoms with Crippen molar-refractivity contribution in [2.75, 3.05) is 5.32 Å². The highest BCUT2D eigenvalue weighted by atomic mass is 32.2. The predicted molar refractivity (Wildman–Crippen MR) is 112 cm³/mol. The van der Waals surface area contributed by atoms with Crippen LogP contribution >= 0.6 is 11.8 Å². The van der Waals surface area contributed by atoms with Gasteiger partial charge in [0.2, 0.25) is 5.91 Å². The summed E-state index contributed by atoms with van der Waals surface area (Å²) >= 11 is 1.55. The van der Waals surface area contributed by atoms with Gasteiger partial charge in [-0.25, -0.2) is 0 Å². The lowest BCUT2D eigenvalue weighted by Gasteiger charge is -2.14. The van der Waals surface area contributed by atoms with Crippen LogP contribution < -0.4 is 10.6 Å². The first-order valence-corrected chi connectivity index (χ1v) is 10.0. The zero-order valence-electron chi connectivity index (χ0n) is 15.6. The number of furan rings is 1. The maximum absolute atomic E-state index is 12.6. The lowest BCUT2D eigenvalue weighted by Crippen LogP contribution is -2.27. The van der Waals surface area contributed by atoms with E-state index in [0.717, 1.165) is 5.75 Å². The minimum absolute atomic E-state index is 0.132. The third-order valence-corrected chi connectivity index (χ3v) is 5.36. The number of nitrogens with one attached hydrogen (secondary N) is 2. The maximum Gasteiger partial charge on any atom is 0.253 e. The summed E-state index contributed by atoms with van der Waals surface area (Å²) in [5.41, 5.74) is 2.09. The molecule has 0 fully saturated rings. The van der Waals surface area contributed by atoms with Gasteiger partial charge in [0.1, 0.15) is 5.76 Å². The summed E-state index contributed by atoms with van der Waals surface area (Å²) in [6.07, 6.45) is 1.56. The Bertz CT molecular complexity index is 911. The highest BCUT2D eigenvalue weighted by Crippen LogP contribution is 2.21. The van der Waals surface area contributed by atoms with Gasteiger partial charge in [0.15, 0.2) is 0 Å². The second-order valence-corrected chi connectivity index (χ2v) is 7.56. The molecule has 3 aromatic rings. The molecule has 0 saturated heterocycles. The second kappa shape index (κ2) is 9.80. The van der Waals surface area contributed by atoms with Gasteiger partial charge in [0, 0.05) is 5.75 Å². The molecule has 2 N–H and O–H groups in total. The third kappa shape index (κ3) is 5.50. The number of carbonyl (C=O) groups is 2. The molecule has 0 saturated carbocycles. The van der Waals surface area contributed by atoms with Crippen molar-refractivity contribution in [1.82, 2.24) is 5.32 Å². The van der Waals surface area contributed by atoms with Crippen LogP contribution in [-0.2, 0) is 17.1 Å². The van der Waals surface area contributed by atoms with Crippen LogP contribution in [0.3, 0.4) is 0 Å². The molecule has 3 rings (SSSR count). The first kappa shape index (κ1) is 19.8. The Labute approximate surface area is 168 Å². The summed E-state index contributed by atoms with van der Waals surface area (Å²) < 4.78 is 5.22. The van der Waals surface area contributed by atoms with E-state index in [-0.39, 0.29) is 23.6 Å². The van der Waals surface area contributed by atoms with Crippen LogP contribution in [0, 0.1) is 0 Å². The summed E-state index contributed by atoms with van der Waals surface area (Å²) in [5, 5.41) is 5.43. The van der Waals surface area contributed by atoms with E-state index in [1.54, 1.807) is 54.4 Å². The molecule has 0 bridgehead atoms. The molecule has 0 spiro atoms. The van der Waals surface area contributed by atoms with Gasteiger partial charge < -0.3 is 15.1 Å². The smallest absolute Gasteiger partial charge is 0.253 e. The van der Waals surface area contributed by atoms with E-state index in [1.807, 2.05) is 37.3 Å². The standard InChI is InChI=1S/C22H22N2O3S/c1-16(28-15-17-8-3-2-4-9-17)21(25)24-20-12-6-5-11-19(20)22(26)23-14-18-10-7-13-27-18/h2-13,16H,14-15H2,1H3,(H,23,26)(H,24,25). The van der Waals surface area contributed by atoms with Gasteiger partial charge >= 0.3 is 0 Å². The Kier molecular flexibility index (Phi) is 6.92. The number of amides is 2. The van der Waals surface area contributed by atoms with Crippen molar-refractivity contribution >= 4 is 29.3 Å². The Morgan fingerprint density at radius 2 is 1.75 bits per heavy atom. The molecule has 1 aromatic heterocycles. The molecule has 6 heteroatoms. The number of benzene rings is 2. The van der Waals surface area contributed by atoms with Gasteiger partial charge in [0.05, 0.1) is 29.3 Å². The van der Waals surface area contributed by atoms with E-state index in [9.17, 15) is 9.59 Å². The summed E-state index contributed by atoms with van der Waals surface area (Å²) in [7, 11) is 0. The van der Waals surface area contributed by atoms with Crippen molar-refractivity contribution in [2.24, 2.45) is 0 Å². The summed E-state index contributed by atoms with van der Waals surface area (Å²) in [5.74, 6) is 1.02. The molecule has 1 atom stereocenters. The fourth-order valence-electron chi connectivity index (χ4n) is 2.57. The van der Waals surface area contributed by atoms with Crippen molar-refractivity contribution in [2.45, 2.75) is 24.5 Å². The van der Waals surface area contributed by atoms with Crippen LogP contribution in [0.5, 0.6) is 0 Å². The second-order valence-electron chi connectivity index (χ2n) is 6.24. The monoisotopic (exact) mass is 394 g/mol. The van der Waals surface area contributed by atoms with Crippen molar-refractivity contribution < 1.29 is 14.0 Å². The third-order valence-electron chi connectivity index (χ3n) is 4.14. The molecule has 0 radical (unpaired) electrons. The minimum atomic E-state index is -0.267. The molecule has 28 heavy (non-hydrogen) atoms. The fraction of sp³-hybridized carbons (Fsp3) is 0.182. The van der Waals surface area contributed by atoms with Crippen molar-refractivity contribution in [3.63, 3.8) is 0 Å². The van der Waals surface area contributed by atoms with Crippen LogP contribution in [-0.4, -0.2) is 17.1 Å². The van der Waals surface area contributed by atoms with Gasteiger partial charge in [-0.15, -0.1) is 11.8 Å². The van der Waals surface area contributed by atoms with Crippen LogP contribution in [0.4, 0.5) is 5.69 Å². The number of rotatable bonds is 8. The molecule has 2 amide bonds. The average molecular weight is 394 g/mol. The summed E-state index contributed by atoms with van der Waals surface area (Å²) in [6.45, 7) is 2.15. The fourth-order valence-corrected chi connectivity index (χ4v) is 3.42. The SMILES string of the molecule is CC(SCc1ccccc1)C(=O)Nc1ccccc1C(=O)NCc1ccco1. The number of hydrogen-bond donors (Lipinski definition) is 2. The lowest BCUT2D eigenvalue weighted by molar-refractivity contribution is -0.115. The molecule has 5 nitrogen and oxygen atoms in total. The Morgan fingerprint density at radius 3 is 2.50 bits per heavy atom. The van der Waals surface area contributed by atoms with Crippen molar-refractivity contribution in [3.8, 4) is 0 Å². The van der Waals surface area contributed by atoms with Gasteiger partial charge in [0.25, 0.3) is 5.91 Å². The maximum atomic E-state index is 12.6. The molecule has 1 heterocycles. The van der Waals surface area contributed by atoms with E-state index in [0.29, 0.717) is 17.0 Å². The van der Waals surface area contributed by atoms with Crippen LogP contribution in [0.25, 0.3) is 0 Å². The van der Waals surface area contributed by atoms with E-state index < -0.39 is 0 Å². The summed E-state index contributed by atoms with van der Waals surface area (Å²) in [6, 6.07) is 20.6. The predicted octanol–water partition coefficient (Wildman–Crippen LogP) is 4.47. The van der Waals surface area contributed by atoms with Crippen LogP contribution in [0.1, 0.15) is 28.6 Å². The highest BCUT2D eigenvalue weighted by Gasteiger charge is 2.17. The molecule has 1 unspecified atom stereocenters. The zero-order valence-corrected chi connectivity index (χ0v) is 16.4. The highest BCUT2D eigenvalue weighted by molar-refractivity contribution is 7.99. The van der Waals surface area contributed by atoms with E-state index in [4.69, 9.17) is 4.42 Å². The molecule has 2 aromatic carbocycles. The molecule has 144 valence electrons. The molecular formula is C22H22N2O3S. The Morgan fingerprint density at radius 1 is 1.00 bits per heavy atom. The first-order chi connectivity index (χ1) is 13.6. The van der Waals surface area contributed by atoms with E-state index in [2.05, 4.69) is 10.6 Å². The Hall–Kier alpha value is -2.99. The topological polar surface area (TPSA) is 71.3 Å². The first-order valence-electron chi connectivity index (χ1n) is 8.99. The number of carbonyl (C=O) groups excluding carboxylic acids is 2. The zero-order chi connectivity index (χ0) is 19.8. The quantitative estimate of drug-likeness (QED) is 0.591. The summed E-state index contributed by atoms with van der Waals surface area (Å²) in [4.78, 5) is 25.1. The van der Waals surface area contributed by atoms with Crippen LogP contribution in [0.15, 0.2) is 77.4 Å². The molecule has 0 aliphatic heterocycles. The number of thioether (sulfide) groups is 1. The number of para-hydroxylation sites is 1. The Balaban J connectivity index is 1.58. The van der Waals surface area contributed by atoms with Crippen LogP contribution in [0.2, 0.25) is 0 Å². The minimum Gasteiger partial charge on any atom is -0.467 e. The average Bonchev–Trinajstić information content (AvgIpc) is 3.25. The largest absolute Gasteiger partial charge is 0.467 e. The van der Waals surface area contributed by atoms with E-state index >= 15 is 0 Å². The van der Waals surface area contributed by atoms with Gasteiger partial charge in [-0.05, 0) is 36.8 Å². The van der Waals surface area contributed by atoms with E-state index in [1.165, 1.54) is 5.56 Å². The van der Waals surface area contributed by atoms with Gasteiger partial charge in [-0.3, -0.25) is 9.59 Å². The normalized spacial score (nSPS) is 11.6. The number of hydrogen-bond acceptors (Lipinski definition) is 4. The van der Waals surface area contributed by atoms with Crippen molar-refractivity contribution in [3.05, 3.63) is 89.9 Å². The lowest BCUT2D eigenvalue weighted by atomic mass is 10.1. The molecular weight excluding hydrogens is 372 g/mol.